The molecule has 134 valence electrons. The molecule has 1 atom stereocenters. The van der Waals surface area contributed by atoms with E-state index in [1.807, 2.05) is 15.8 Å². The Bertz CT molecular complexity index is 525. The van der Waals surface area contributed by atoms with Crippen molar-refractivity contribution in [3.05, 3.63) is 18.0 Å². The summed E-state index contributed by atoms with van der Waals surface area (Å²) in [6.45, 7) is 8.52. The van der Waals surface area contributed by atoms with Gasteiger partial charge in [0.1, 0.15) is 0 Å². The molecule has 0 spiro atoms. The second kappa shape index (κ2) is 8.62. The van der Waals surface area contributed by atoms with E-state index in [2.05, 4.69) is 23.1 Å². The van der Waals surface area contributed by atoms with Crippen LogP contribution in [0.1, 0.15) is 44.6 Å². The Morgan fingerprint density at radius 2 is 2.21 bits per heavy atom. The van der Waals surface area contributed by atoms with Crippen LogP contribution in [-0.4, -0.2) is 64.4 Å². The number of hydrogen-bond acceptors (Lipinski definition) is 4. The molecule has 3 rings (SSSR count). The van der Waals surface area contributed by atoms with Crippen molar-refractivity contribution in [3.8, 4) is 0 Å². The van der Waals surface area contributed by atoms with Crippen molar-refractivity contribution >= 4 is 5.91 Å². The minimum absolute atomic E-state index is 0.297. The van der Waals surface area contributed by atoms with Crippen LogP contribution in [0.15, 0.2) is 12.4 Å². The molecule has 1 amide bonds. The van der Waals surface area contributed by atoms with Crippen molar-refractivity contribution in [1.29, 1.82) is 0 Å². The molecule has 0 saturated carbocycles. The summed E-state index contributed by atoms with van der Waals surface area (Å²) in [5.74, 6) is 0.297. The van der Waals surface area contributed by atoms with E-state index in [4.69, 9.17) is 4.74 Å². The minimum Gasteiger partial charge on any atom is -0.378 e. The number of nitrogens with zero attached hydrogens (tertiary/aromatic N) is 4. The highest BCUT2D eigenvalue weighted by Crippen LogP contribution is 2.18. The number of amides is 1. The minimum atomic E-state index is 0.297. The molecule has 0 N–H and O–H groups in total. The van der Waals surface area contributed by atoms with E-state index in [1.54, 1.807) is 0 Å². The zero-order valence-electron chi connectivity index (χ0n) is 14.8. The lowest BCUT2D eigenvalue weighted by Gasteiger charge is -2.22. The highest BCUT2D eigenvalue weighted by molar-refractivity contribution is 5.76. The fraction of sp³-hybridized carbons (Fsp3) is 0.778. The van der Waals surface area contributed by atoms with Crippen molar-refractivity contribution in [1.82, 2.24) is 19.6 Å². The lowest BCUT2D eigenvalue weighted by Crippen LogP contribution is -2.35. The molecule has 6 nitrogen and oxygen atoms in total. The lowest BCUT2D eigenvalue weighted by atomic mass is 10.1. The third-order valence-corrected chi connectivity index (χ3v) is 5.06. The molecule has 2 aliphatic rings. The van der Waals surface area contributed by atoms with E-state index >= 15 is 0 Å². The molecule has 0 unspecified atom stereocenters. The van der Waals surface area contributed by atoms with Crippen LogP contribution in [0, 0.1) is 0 Å². The maximum Gasteiger partial charge on any atom is 0.222 e. The van der Waals surface area contributed by atoms with Gasteiger partial charge in [0.2, 0.25) is 5.91 Å². The molecule has 0 aromatic carbocycles. The molecule has 1 aromatic heterocycles. The monoisotopic (exact) mass is 334 g/mol. The Morgan fingerprint density at radius 3 is 2.96 bits per heavy atom. The second-order valence-corrected chi connectivity index (χ2v) is 6.89. The number of hydrogen-bond donors (Lipinski definition) is 0. The number of aryl methyl sites for hydroxylation is 1. The van der Waals surface area contributed by atoms with Crippen LogP contribution >= 0.6 is 0 Å². The van der Waals surface area contributed by atoms with Crippen molar-refractivity contribution < 1.29 is 9.53 Å². The number of carbonyl (C=O) groups excluding carboxylic acids is 1. The number of rotatable bonds is 6. The number of ether oxygens (including phenoxy) is 1. The summed E-state index contributed by atoms with van der Waals surface area (Å²) >= 11 is 0. The maximum absolute atomic E-state index is 12.5. The van der Waals surface area contributed by atoms with E-state index in [-0.39, 0.29) is 0 Å². The molecular weight excluding hydrogens is 304 g/mol. The van der Waals surface area contributed by atoms with Crippen LogP contribution in [0.3, 0.4) is 0 Å². The molecule has 2 fully saturated rings. The van der Waals surface area contributed by atoms with Gasteiger partial charge in [-0.3, -0.25) is 14.4 Å². The third kappa shape index (κ3) is 4.80. The molecule has 2 aliphatic heterocycles. The van der Waals surface area contributed by atoms with E-state index in [1.165, 1.54) is 5.56 Å². The average molecular weight is 334 g/mol. The first-order valence-electron chi connectivity index (χ1n) is 9.37. The Hall–Kier alpha value is -1.40. The molecular formula is C18H30N4O2. The van der Waals surface area contributed by atoms with E-state index in [0.29, 0.717) is 18.4 Å². The fourth-order valence-electron chi connectivity index (χ4n) is 3.61. The summed E-state index contributed by atoms with van der Waals surface area (Å²) in [6.07, 6.45) is 9.22. The highest BCUT2D eigenvalue weighted by atomic mass is 16.5. The van der Waals surface area contributed by atoms with Gasteiger partial charge in [0.15, 0.2) is 0 Å². The van der Waals surface area contributed by atoms with Crippen molar-refractivity contribution in [2.45, 2.75) is 58.2 Å². The van der Waals surface area contributed by atoms with Crippen LogP contribution in [0.5, 0.6) is 0 Å². The predicted octanol–water partition coefficient (Wildman–Crippen LogP) is 1.90. The molecule has 2 saturated heterocycles. The van der Waals surface area contributed by atoms with Crippen LogP contribution < -0.4 is 0 Å². The normalized spacial score (nSPS) is 22.7. The van der Waals surface area contributed by atoms with Crippen molar-refractivity contribution in [2.75, 3.05) is 32.8 Å². The second-order valence-electron chi connectivity index (χ2n) is 6.89. The Balaban J connectivity index is 1.42. The Morgan fingerprint density at radius 1 is 1.29 bits per heavy atom. The van der Waals surface area contributed by atoms with E-state index in [0.717, 1.165) is 71.6 Å². The van der Waals surface area contributed by atoms with Gasteiger partial charge >= 0.3 is 0 Å². The summed E-state index contributed by atoms with van der Waals surface area (Å²) in [4.78, 5) is 16.9. The number of carbonyl (C=O) groups is 1. The molecule has 6 heteroatoms. The van der Waals surface area contributed by atoms with Gasteiger partial charge in [0, 0.05) is 64.1 Å². The van der Waals surface area contributed by atoms with E-state index in [9.17, 15) is 4.79 Å². The van der Waals surface area contributed by atoms with Crippen molar-refractivity contribution in [2.24, 2.45) is 0 Å². The largest absolute Gasteiger partial charge is 0.378 e. The predicted molar refractivity (Wildman–Crippen MR) is 92.6 cm³/mol. The van der Waals surface area contributed by atoms with Crippen molar-refractivity contribution in [3.63, 3.8) is 0 Å². The quantitative estimate of drug-likeness (QED) is 0.797. The molecule has 0 aliphatic carbocycles. The topological polar surface area (TPSA) is 50.6 Å². The summed E-state index contributed by atoms with van der Waals surface area (Å²) in [5, 5.41) is 4.34. The van der Waals surface area contributed by atoms with E-state index < -0.39 is 0 Å². The van der Waals surface area contributed by atoms with Gasteiger partial charge in [-0.25, -0.2) is 0 Å². The van der Waals surface area contributed by atoms with Gasteiger partial charge in [0.25, 0.3) is 0 Å². The molecule has 1 aromatic rings. The summed E-state index contributed by atoms with van der Waals surface area (Å²) in [7, 11) is 0. The average Bonchev–Trinajstić information content (AvgIpc) is 3.21. The molecule has 0 bridgehead atoms. The fourth-order valence-corrected chi connectivity index (χ4v) is 3.61. The zero-order valence-corrected chi connectivity index (χ0v) is 14.8. The first kappa shape index (κ1) is 17.4. The molecule has 24 heavy (non-hydrogen) atoms. The van der Waals surface area contributed by atoms with Gasteiger partial charge in [-0.05, 0) is 32.6 Å². The third-order valence-electron chi connectivity index (χ3n) is 5.06. The van der Waals surface area contributed by atoms with Crippen LogP contribution in [0.2, 0.25) is 0 Å². The summed E-state index contributed by atoms with van der Waals surface area (Å²) in [5.41, 5.74) is 1.26. The Kier molecular flexibility index (Phi) is 6.26. The first-order chi connectivity index (χ1) is 11.7. The van der Waals surface area contributed by atoms with Gasteiger partial charge in [-0.2, -0.15) is 5.10 Å². The van der Waals surface area contributed by atoms with Crippen LogP contribution in [0.25, 0.3) is 0 Å². The first-order valence-corrected chi connectivity index (χ1v) is 9.37. The van der Waals surface area contributed by atoms with Crippen LogP contribution in [0.4, 0.5) is 0 Å². The standard InChI is InChI=1S/C18H30N4O2/c1-2-22-15-16(13-19-22)14-20-8-4-9-21(11-10-20)18(23)7-6-17-5-3-12-24-17/h13,15,17H,2-12,14H2,1H3/t17-/m0/s1. The zero-order chi connectivity index (χ0) is 16.8. The van der Waals surface area contributed by atoms with Crippen LogP contribution in [-0.2, 0) is 22.6 Å². The smallest absolute Gasteiger partial charge is 0.222 e. The van der Waals surface area contributed by atoms with Gasteiger partial charge in [0.05, 0.1) is 12.3 Å². The van der Waals surface area contributed by atoms with Gasteiger partial charge in [-0.15, -0.1) is 0 Å². The highest BCUT2D eigenvalue weighted by Gasteiger charge is 2.22. The molecule has 3 heterocycles. The lowest BCUT2D eigenvalue weighted by molar-refractivity contribution is -0.131. The van der Waals surface area contributed by atoms with Gasteiger partial charge < -0.3 is 9.64 Å². The maximum atomic E-state index is 12.5. The summed E-state index contributed by atoms with van der Waals surface area (Å²) in [6, 6.07) is 0. The summed E-state index contributed by atoms with van der Waals surface area (Å²) < 4.78 is 7.59. The van der Waals surface area contributed by atoms with Gasteiger partial charge in [-0.1, -0.05) is 0 Å². The number of aromatic nitrogens is 2. The molecule has 0 radical (unpaired) electrons. The Labute approximate surface area is 144 Å². The SMILES string of the molecule is CCn1cc(CN2CCCN(C(=O)CC[C@@H]3CCCO3)CC2)cn1.